The highest BCUT2D eigenvalue weighted by molar-refractivity contribution is 7.99. The van der Waals surface area contributed by atoms with Crippen LogP contribution in [0.15, 0.2) is 23.4 Å². The van der Waals surface area contributed by atoms with Crippen molar-refractivity contribution in [3.05, 3.63) is 34.6 Å². The van der Waals surface area contributed by atoms with Gasteiger partial charge in [0.1, 0.15) is 5.82 Å². The monoisotopic (exact) mass is 395 g/mol. The van der Waals surface area contributed by atoms with E-state index >= 15 is 0 Å². The number of rotatable bonds is 6. The van der Waals surface area contributed by atoms with Crippen molar-refractivity contribution in [3.63, 3.8) is 0 Å². The molecule has 0 unspecified atom stereocenters. The number of carbonyl (C=O) groups is 1. The van der Waals surface area contributed by atoms with Gasteiger partial charge in [0.2, 0.25) is 5.91 Å². The predicted molar refractivity (Wildman–Crippen MR) is 103 cm³/mol. The third kappa shape index (κ3) is 4.97. The molecule has 0 radical (unpaired) electrons. The molecule has 2 aromatic rings. The first-order valence-corrected chi connectivity index (χ1v) is 9.76. The summed E-state index contributed by atoms with van der Waals surface area (Å²) in [7, 11) is 1.93. The van der Waals surface area contributed by atoms with Crippen molar-refractivity contribution in [2.45, 2.75) is 18.6 Å². The zero-order chi connectivity index (χ0) is 18.5. The number of hydrogen-bond acceptors (Lipinski definition) is 6. The minimum absolute atomic E-state index is 0.0990. The number of thioether (sulfide) groups is 1. The Morgan fingerprint density at radius 1 is 1.35 bits per heavy atom. The molecule has 7 nitrogen and oxygen atoms in total. The molecule has 1 fully saturated rings. The average Bonchev–Trinajstić information content (AvgIpc) is 2.97. The molecule has 1 aromatic carbocycles. The number of nitrogens with zero attached hydrogens (tertiary/aromatic N) is 4. The molecule has 2 heterocycles. The van der Waals surface area contributed by atoms with Crippen LogP contribution >= 0.6 is 23.4 Å². The van der Waals surface area contributed by atoms with Gasteiger partial charge in [-0.05, 0) is 24.6 Å². The molecule has 1 N–H and O–H groups in total. The Labute approximate surface area is 162 Å². The number of morpholine rings is 1. The molecule has 140 valence electrons. The number of ether oxygens (including phenoxy) is 1. The van der Waals surface area contributed by atoms with Crippen LogP contribution in [-0.2, 0) is 23.1 Å². The highest BCUT2D eigenvalue weighted by Gasteiger charge is 2.16. The van der Waals surface area contributed by atoms with Crippen molar-refractivity contribution >= 4 is 35.0 Å². The van der Waals surface area contributed by atoms with Crippen LogP contribution in [0.25, 0.3) is 0 Å². The fourth-order valence-corrected chi connectivity index (χ4v) is 3.52. The Kier molecular flexibility index (Phi) is 6.53. The topological polar surface area (TPSA) is 72.3 Å². The summed E-state index contributed by atoms with van der Waals surface area (Å²) >= 11 is 7.36. The number of aromatic nitrogens is 3. The van der Waals surface area contributed by atoms with E-state index in [1.807, 2.05) is 24.6 Å². The van der Waals surface area contributed by atoms with E-state index in [0.29, 0.717) is 5.02 Å². The van der Waals surface area contributed by atoms with Crippen LogP contribution < -0.4 is 5.32 Å². The summed E-state index contributed by atoms with van der Waals surface area (Å²) in [6.45, 7) is 5.97. The van der Waals surface area contributed by atoms with Gasteiger partial charge in [0.05, 0.1) is 25.5 Å². The fourth-order valence-electron chi connectivity index (χ4n) is 2.61. The quantitative estimate of drug-likeness (QED) is 0.757. The van der Waals surface area contributed by atoms with Gasteiger partial charge in [-0.15, -0.1) is 10.2 Å². The van der Waals surface area contributed by atoms with Crippen molar-refractivity contribution in [3.8, 4) is 0 Å². The number of benzene rings is 1. The van der Waals surface area contributed by atoms with Crippen molar-refractivity contribution < 1.29 is 9.53 Å². The summed E-state index contributed by atoms with van der Waals surface area (Å²) < 4.78 is 7.30. The molecular formula is C17H22ClN5O2S. The van der Waals surface area contributed by atoms with Crippen LogP contribution in [-0.4, -0.2) is 57.6 Å². The highest BCUT2D eigenvalue weighted by Crippen LogP contribution is 2.21. The van der Waals surface area contributed by atoms with Crippen LogP contribution in [0, 0.1) is 6.92 Å². The molecule has 3 rings (SSSR count). The molecule has 0 bridgehead atoms. The van der Waals surface area contributed by atoms with Crippen LogP contribution in [0.1, 0.15) is 11.4 Å². The predicted octanol–water partition coefficient (Wildman–Crippen LogP) is 2.34. The first-order chi connectivity index (χ1) is 12.5. The van der Waals surface area contributed by atoms with Crippen molar-refractivity contribution in [2.24, 2.45) is 7.05 Å². The summed E-state index contributed by atoms with van der Waals surface area (Å²) in [5.74, 6) is 1.05. The van der Waals surface area contributed by atoms with Gasteiger partial charge in [-0.3, -0.25) is 9.69 Å². The second-order valence-corrected chi connectivity index (χ2v) is 7.52. The lowest BCUT2D eigenvalue weighted by Crippen LogP contribution is -2.36. The molecule has 9 heteroatoms. The zero-order valence-corrected chi connectivity index (χ0v) is 16.4. The maximum absolute atomic E-state index is 12.2. The van der Waals surface area contributed by atoms with Gasteiger partial charge in [-0.1, -0.05) is 29.4 Å². The van der Waals surface area contributed by atoms with Gasteiger partial charge in [0.15, 0.2) is 5.16 Å². The molecule has 1 saturated heterocycles. The normalized spacial score (nSPS) is 15.2. The van der Waals surface area contributed by atoms with Gasteiger partial charge >= 0.3 is 0 Å². The minimum Gasteiger partial charge on any atom is -0.379 e. The van der Waals surface area contributed by atoms with Gasteiger partial charge in [-0.25, -0.2) is 0 Å². The molecular weight excluding hydrogens is 374 g/mol. The molecule has 1 aliphatic rings. The Balaban J connectivity index is 1.54. The molecule has 0 aliphatic carbocycles. The number of halogens is 1. The van der Waals surface area contributed by atoms with E-state index in [-0.39, 0.29) is 11.7 Å². The van der Waals surface area contributed by atoms with Crippen LogP contribution in [0.2, 0.25) is 5.02 Å². The zero-order valence-electron chi connectivity index (χ0n) is 14.9. The van der Waals surface area contributed by atoms with Crippen LogP contribution in [0.4, 0.5) is 5.69 Å². The molecule has 0 spiro atoms. The Bertz CT molecular complexity index is 777. The summed E-state index contributed by atoms with van der Waals surface area (Å²) in [6, 6.07) is 5.44. The lowest BCUT2D eigenvalue weighted by Gasteiger charge is -2.25. The minimum atomic E-state index is -0.0990. The van der Waals surface area contributed by atoms with E-state index in [2.05, 4.69) is 20.4 Å². The largest absolute Gasteiger partial charge is 0.379 e. The van der Waals surface area contributed by atoms with E-state index in [4.69, 9.17) is 16.3 Å². The van der Waals surface area contributed by atoms with E-state index in [1.54, 1.807) is 12.1 Å². The SMILES string of the molecule is Cc1ccc(Cl)cc1NC(=O)CSc1nnc(CN2CCOCC2)n1C. The fraction of sp³-hybridized carbons (Fsp3) is 0.471. The van der Waals surface area contributed by atoms with E-state index in [1.165, 1.54) is 11.8 Å². The second kappa shape index (κ2) is 8.85. The van der Waals surface area contributed by atoms with Crippen molar-refractivity contribution in [1.82, 2.24) is 19.7 Å². The highest BCUT2D eigenvalue weighted by atomic mass is 35.5. The lowest BCUT2D eigenvalue weighted by atomic mass is 10.2. The molecule has 26 heavy (non-hydrogen) atoms. The van der Waals surface area contributed by atoms with Crippen molar-refractivity contribution in [2.75, 3.05) is 37.4 Å². The van der Waals surface area contributed by atoms with E-state index in [0.717, 1.165) is 55.1 Å². The molecule has 0 saturated carbocycles. The van der Waals surface area contributed by atoms with E-state index < -0.39 is 0 Å². The van der Waals surface area contributed by atoms with Crippen LogP contribution in [0.5, 0.6) is 0 Å². The maximum atomic E-state index is 12.2. The van der Waals surface area contributed by atoms with Gasteiger partial charge in [0, 0.05) is 30.8 Å². The first-order valence-electron chi connectivity index (χ1n) is 8.40. The third-order valence-corrected chi connectivity index (χ3v) is 5.46. The maximum Gasteiger partial charge on any atom is 0.234 e. The summed E-state index contributed by atoms with van der Waals surface area (Å²) in [5.41, 5.74) is 1.70. The standard InChI is InChI=1S/C17H22ClN5O2S/c1-12-3-4-13(18)9-14(12)19-16(24)11-26-17-21-20-15(22(17)2)10-23-5-7-25-8-6-23/h3-4,9H,5-8,10-11H2,1-2H3,(H,19,24). The Morgan fingerprint density at radius 2 is 2.12 bits per heavy atom. The number of amides is 1. The number of anilines is 1. The van der Waals surface area contributed by atoms with Gasteiger partial charge in [0.25, 0.3) is 0 Å². The van der Waals surface area contributed by atoms with E-state index in [9.17, 15) is 4.79 Å². The average molecular weight is 396 g/mol. The van der Waals surface area contributed by atoms with Crippen molar-refractivity contribution in [1.29, 1.82) is 0 Å². The smallest absolute Gasteiger partial charge is 0.234 e. The molecule has 1 aromatic heterocycles. The molecule has 0 atom stereocenters. The second-order valence-electron chi connectivity index (χ2n) is 6.14. The number of hydrogen-bond donors (Lipinski definition) is 1. The number of aryl methyl sites for hydroxylation is 1. The Hall–Kier alpha value is -1.61. The summed E-state index contributed by atoms with van der Waals surface area (Å²) in [4.78, 5) is 14.5. The molecule has 1 aliphatic heterocycles. The molecule has 1 amide bonds. The first kappa shape index (κ1) is 19.2. The van der Waals surface area contributed by atoms with Gasteiger partial charge in [-0.2, -0.15) is 0 Å². The van der Waals surface area contributed by atoms with Crippen LogP contribution in [0.3, 0.4) is 0 Å². The third-order valence-electron chi connectivity index (χ3n) is 4.20. The summed E-state index contributed by atoms with van der Waals surface area (Å²) in [6.07, 6.45) is 0. The number of nitrogens with one attached hydrogen (secondary N) is 1. The van der Waals surface area contributed by atoms with Gasteiger partial charge < -0.3 is 14.6 Å². The lowest BCUT2D eigenvalue weighted by molar-refractivity contribution is -0.113. The Morgan fingerprint density at radius 3 is 2.88 bits per heavy atom. The summed E-state index contributed by atoms with van der Waals surface area (Å²) in [5, 5.41) is 12.7. The number of carbonyl (C=O) groups excluding carboxylic acids is 1.